The highest BCUT2D eigenvalue weighted by Crippen LogP contribution is 2.18. The number of fused-ring (bicyclic) bond motifs is 1. The molecule has 4 rings (SSSR count). The number of para-hydroxylation sites is 3. The molecule has 5 nitrogen and oxygen atoms in total. The number of benzene rings is 3. The summed E-state index contributed by atoms with van der Waals surface area (Å²) in [7, 11) is 0. The van der Waals surface area contributed by atoms with Crippen molar-refractivity contribution in [1.29, 1.82) is 0 Å². The molecular weight excluding hydrogens is 398 g/mol. The van der Waals surface area contributed by atoms with Gasteiger partial charge in [-0.15, -0.1) is 0 Å². The summed E-state index contributed by atoms with van der Waals surface area (Å²) in [6.07, 6.45) is 3.94. The van der Waals surface area contributed by atoms with Gasteiger partial charge in [0.2, 0.25) is 0 Å². The van der Waals surface area contributed by atoms with Crippen molar-refractivity contribution < 1.29 is 9.53 Å². The van der Waals surface area contributed by atoms with E-state index in [0.29, 0.717) is 18.7 Å². The quantitative estimate of drug-likeness (QED) is 0.332. The Morgan fingerprint density at radius 3 is 2.38 bits per heavy atom. The second-order valence-corrected chi connectivity index (χ2v) is 7.76. The fraction of sp³-hybridized carbons (Fsp3) is 0.259. The van der Waals surface area contributed by atoms with E-state index < -0.39 is 0 Å². The van der Waals surface area contributed by atoms with Gasteiger partial charge in [0.05, 0.1) is 17.6 Å². The number of nitrogens with zero attached hydrogens (tertiary/aromatic N) is 2. The number of imidazole rings is 1. The summed E-state index contributed by atoms with van der Waals surface area (Å²) in [5, 5.41) is 3.00. The maximum absolute atomic E-state index is 12.1. The van der Waals surface area contributed by atoms with Gasteiger partial charge in [0.15, 0.2) is 0 Å². The number of amides is 1. The van der Waals surface area contributed by atoms with Crippen LogP contribution in [0.2, 0.25) is 0 Å². The Morgan fingerprint density at radius 1 is 0.844 bits per heavy atom. The van der Waals surface area contributed by atoms with Crippen LogP contribution in [0.4, 0.5) is 0 Å². The second-order valence-electron chi connectivity index (χ2n) is 7.76. The van der Waals surface area contributed by atoms with E-state index in [1.165, 1.54) is 0 Å². The molecule has 3 aromatic carbocycles. The molecule has 164 valence electrons. The minimum Gasteiger partial charge on any atom is -0.492 e. The molecule has 1 amide bonds. The van der Waals surface area contributed by atoms with E-state index in [1.54, 1.807) is 0 Å². The Hall–Kier alpha value is -3.60. The molecule has 1 aromatic heterocycles. The van der Waals surface area contributed by atoms with Gasteiger partial charge < -0.3 is 14.6 Å². The van der Waals surface area contributed by atoms with Gasteiger partial charge >= 0.3 is 0 Å². The molecule has 0 aliphatic carbocycles. The molecule has 0 aliphatic rings. The number of aromatic nitrogens is 2. The third-order valence-corrected chi connectivity index (χ3v) is 5.46. The fourth-order valence-corrected chi connectivity index (χ4v) is 3.82. The third kappa shape index (κ3) is 5.76. The number of hydrogen-bond acceptors (Lipinski definition) is 3. The molecule has 4 aromatic rings. The van der Waals surface area contributed by atoms with Crippen molar-refractivity contribution >= 4 is 16.9 Å². The van der Waals surface area contributed by atoms with E-state index in [-0.39, 0.29) is 5.91 Å². The lowest BCUT2D eigenvalue weighted by atomic mass is 10.1. The van der Waals surface area contributed by atoms with Crippen LogP contribution in [0.5, 0.6) is 5.75 Å². The number of unbranched alkanes of at least 4 members (excludes halogenated alkanes) is 2. The minimum atomic E-state index is -0.00851. The Balaban J connectivity index is 1.27. The van der Waals surface area contributed by atoms with Gasteiger partial charge in [-0.3, -0.25) is 4.79 Å². The summed E-state index contributed by atoms with van der Waals surface area (Å²) in [6.45, 7) is 2.05. The first-order valence-corrected chi connectivity index (χ1v) is 11.3. The van der Waals surface area contributed by atoms with E-state index in [9.17, 15) is 4.79 Å². The summed E-state index contributed by atoms with van der Waals surface area (Å²) >= 11 is 0. The van der Waals surface area contributed by atoms with Crippen LogP contribution in [-0.2, 0) is 13.0 Å². The van der Waals surface area contributed by atoms with Gasteiger partial charge in [-0.1, -0.05) is 55.0 Å². The van der Waals surface area contributed by atoms with Gasteiger partial charge in [-0.05, 0) is 49.2 Å². The molecular formula is C27H29N3O2. The van der Waals surface area contributed by atoms with Crippen LogP contribution in [0.3, 0.4) is 0 Å². The van der Waals surface area contributed by atoms with E-state index >= 15 is 0 Å². The highest BCUT2D eigenvalue weighted by Gasteiger charge is 2.10. The van der Waals surface area contributed by atoms with Crippen LogP contribution < -0.4 is 10.1 Å². The number of carbonyl (C=O) groups excluding carboxylic acids is 1. The van der Waals surface area contributed by atoms with Crippen molar-refractivity contribution in [2.75, 3.05) is 13.2 Å². The average Bonchev–Trinajstić information content (AvgIpc) is 3.20. The molecule has 0 spiro atoms. The maximum Gasteiger partial charge on any atom is 0.251 e. The fourth-order valence-electron chi connectivity index (χ4n) is 3.82. The van der Waals surface area contributed by atoms with E-state index in [4.69, 9.17) is 9.72 Å². The van der Waals surface area contributed by atoms with Crippen molar-refractivity contribution in [3.63, 3.8) is 0 Å². The van der Waals surface area contributed by atoms with Gasteiger partial charge in [-0.2, -0.15) is 0 Å². The first-order valence-electron chi connectivity index (χ1n) is 11.3. The number of aryl methyl sites for hydroxylation is 1. The van der Waals surface area contributed by atoms with Crippen LogP contribution in [0, 0.1) is 0 Å². The van der Waals surface area contributed by atoms with E-state index in [2.05, 4.69) is 28.1 Å². The predicted molar refractivity (Wildman–Crippen MR) is 128 cm³/mol. The molecule has 0 saturated carbocycles. The zero-order valence-electron chi connectivity index (χ0n) is 18.2. The Labute approximate surface area is 189 Å². The van der Waals surface area contributed by atoms with E-state index in [1.807, 2.05) is 66.7 Å². The van der Waals surface area contributed by atoms with Crippen LogP contribution in [-0.4, -0.2) is 28.6 Å². The number of nitrogens with one attached hydrogen (secondary N) is 1. The molecule has 0 radical (unpaired) electrons. The third-order valence-electron chi connectivity index (χ3n) is 5.46. The Kier molecular flexibility index (Phi) is 7.53. The molecule has 1 N–H and O–H groups in total. The lowest BCUT2D eigenvalue weighted by Gasteiger charge is -2.11. The smallest absolute Gasteiger partial charge is 0.251 e. The van der Waals surface area contributed by atoms with Gasteiger partial charge in [0.1, 0.15) is 18.2 Å². The topological polar surface area (TPSA) is 56.2 Å². The molecule has 5 heteroatoms. The zero-order valence-corrected chi connectivity index (χ0v) is 18.2. The van der Waals surface area contributed by atoms with Crippen molar-refractivity contribution in [2.24, 2.45) is 0 Å². The minimum absolute atomic E-state index is 0.00851. The lowest BCUT2D eigenvalue weighted by molar-refractivity contribution is 0.0953. The first kappa shape index (κ1) is 21.6. The SMILES string of the molecule is O=C(NCCCCCc1nc2ccccc2n1CCOc1ccccc1)c1ccccc1. The monoisotopic (exact) mass is 427 g/mol. The normalized spacial score (nSPS) is 10.9. The average molecular weight is 428 g/mol. The largest absolute Gasteiger partial charge is 0.492 e. The second kappa shape index (κ2) is 11.1. The molecule has 0 atom stereocenters. The summed E-state index contributed by atoms with van der Waals surface area (Å²) in [5.41, 5.74) is 2.88. The molecule has 32 heavy (non-hydrogen) atoms. The molecule has 0 unspecified atom stereocenters. The Morgan fingerprint density at radius 2 is 1.56 bits per heavy atom. The summed E-state index contributed by atoms with van der Waals surface area (Å²) in [6, 6.07) is 27.5. The van der Waals surface area contributed by atoms with Crippen LogP contribution >= 0.6 is 0 Å². The standard InChI is InChI=1S/C27H29N3O2/c31-27(22-12-4-1-5-13-22)28-19-11-3-8-18-26-29-24-16-9-10-17-25(24)30(26)20-21-32-23-14-6-2-7-15-23/h1-2,4-7,9-10,12-17H,3,8,11,18-21H2,(H,28,31). The predicted octanol–water partition coefficient (Wildman–Crippen LogP) is 5.26. The summed E-state index contributed by atoms with van der Waals surface area (Å²) in [5.74, 6) is 1.97. The van der Waals surface area contributed by atoms with Gasteiger partial charge in [-0.25, -0.2) is 4.98 Å². The van der Waals surface area contributed by atoms with Gasteiger partial charge in [0.25, 0.3) is 5.91 Å². The van der Waals surface area contributed by atoms with Crippen molar-refractivity contribution in [1.82, 2.24) is 14.9 Å². The number of carbonyl (C=O) groups is 1. The molecule has 1 heterocycles. The summed E-state index contributed by atoms with van der Waals surface area (Å²) < 4.78 is 8.18. The van der Waals surface area contributed by atoms with Crippen molar-refractivity contribution in [3.05, 3.63) is 96.3 Å². The molecule has 0 bridgehead atoms. The lowest BCUT2D eigenvalue weighted by Crippen LogP contribution is -2.24. The zero-order chi connectivity index (χ0) is 22.0. The number of hydrogen-bond donors (Lipinski definition) is 1. The van der Waals surface area contributed by atoms with E-state index in [0.717, 1.165) is 54.8 Å². The highest BCUT2D eigenvalue weighted by molar-refractivity contribution is 5.94. The maximum atomic E-state index is 12.1. The number of ether oxygens (including phenoxy) is 1. The number of rotatable bonds is 11. The molecule has 0 fully saturated rings. The Bertz CT molecular complexity index is 1120. The van der Waals surface area contributed by atoms with Crippen LogP contribution in [0.1, 0.15) is 35.4 Å². The first-order chi connectivity index (χ1) is 15.8. The summed E-state index contributed by atoms with van der Waals surface area (Å²) in [4.78, 5) is 17.0. The van der Waals surface area contributed by atoms with Gasteiger partial charge in [0, 0.05) is 18.5 Å². The van der Waals surface area contributed by atoms with Crippen LogP contribution in [0.25, 0.3) is 11.0 Å². The van der Waals surface area contributed by atoms with Crippen molar-refractivity contribution in [3.8, 4) is 5.75 Å². The highest BCUT2D eigenvalue weighted by atomic mass is 16.5. The molecule has 0 saturated heterocycles. The van der Waals surface area contributed by atoms with Crippen LogP contribution in [0.15, 0.2) is 84.9 Å². The van der Waals surface area contributed by atoms with Crippen molar-refractivity contribution in [2.45, 2.75) is 32.2 Å². The molecule has 0 aliphatic heterocycles.